The zero-order valence-corrected chi connectivity index (χ0v) is 25.4. The molecule has 0 fully saturated rings. The minimum Gasteiger partial charge on any atom is -0.497 e. The minimum atomic E-state index is -0.397. The van der Waals surface area contributed by atoms with Crippen molar-refractivity contribution in [3.05, 3.63) is 87.8 Å². The average molecular weight is 621 g/mol. The highest BCUT2D eigenvalue weighted by Gasteiger charge is 2.20. The van der Waals surface area contributed by atoms with Crippen molar-refractivity contribution in [1.82, 2.24) is 30.2 Å². The van der Waals surface area contributed by atoms with E-state index in [9.17, 15) is 4.79 Å². The van der Waals surface area contributed by atoms with Gasteiger partial charge in [0.15, 0.2) is 22.3 Å². The predicted molar refractivity (Wildman–Crippen MR) is 168 cm³/mol. The third kappa shape index (κ3) is 5.77. The Balaban J connectivity index is 1.33. The minimum absolute atomic E-state index is 0.397. The van der Waals surface area contributed by atoms with Crippen molar-refractivity contribution < 1.29 is 23.7 Å². The molecule has 0 spiro atoms. The molecule has 0 amide bonds. The van der Waals surface area contributed by atoms with Crippen LogP contribution in [0.5, 0.6) is 17.2 Å². The van der Waals surface area contributed by atoms with Gasteiger partial charge in [-0.05, 0) is 84.3 Å². The van der Waals surface area contributed by atoms with Crippen LogP contribution in [0.15, 0.2) is 54.6 Å². The topological polar surface area (TPSA) is 126 Å². The molecule has 4 heterocycles. The van der Waals surface area contributed by atoms with E-state index in [1.54, 1.807) is 13.2 Å². The quantitative estimate of drug-likeness (QED) is 0.189. The number of methoxy groups -OCH3 is 2. The van der Waals surface area contributed by atoms with Gasteiger partial charge >= 0.3 is 5.97 Å². The molecule has 3 aromatic carbocycles. The number of rotatable bonds is 8. The number of carbonyl (C=O) groups excluding carboxylic acids is 1. The molecular formula is C33H28N6O5S. The Morgan fingerprint density at radius 2 is 1.89 bits per heavy atom. The third-order valence-corrected chi connectivity index (χ3v) is 8.62. The van der Waals surface area contributed by atoms with E-state index in [0.29, 0.717) is 49.0 Å². The van der Waals surface area contributed by atoms with Gasteiger partial charge in [-0.15, -0.1) is 21.5 Å². The van der Waals surface area contributed by atoms with Crippen LogP contribution >= 0.6 is 11.3 Å². The van der Waals surface area contributed by atoms with Crippen molar-refractivity contribution in [2.45, 2.75) is 25.8 Å². The summed E-state index contributed by atoms with van der Waals surface area (Å²) >= 11 is 1.52. The molecule has 1 aliphatic rings. The second-order valence-corrected chi connectivity index (χ2v) is 11.4. The van der Waals surface area contributed by atoms with Gasteiger partial charge in [-0.25, -0.2) is 9.78 Å². The Labute approximate surface area is 262 Å². The van der Waals surface area contributed by atoms with Gasteiger partial charge in [-0.1, -0.05) is 11.3 Å². The lowest BCUT2D eigenvalue weighted by Gasteiger charge is -2.18. The summed E-state index contributed by atoms with van der Waals surface area (Å²) in [6.07, 6.45) is 1.92. The van der Waals surface area contributed by atoms with Gasteiger partial charge in [-0.2, -0.15) is 5.21 Å². The molecule has 226 valence electrons. The first-order valence-corrected chi connectivity index (χ1v) is 15.2. The first kappa shape index (κ1) is 28.4. The van der Waals surface area contributed by atoms with Gasteiger partial charge in [0.2, 0.25) is 0 Å². The summed E-state index contributed by atoms with van der Waals surface area (Å²) in [7, 11) is 3.03. The number of nitrogens with one attached hydrogen (secondary N) is 1. The maximum atomic E-state index is 12.6. The fraction of sp³-hybridized carbons (Fsp3) is 0.242. The summed E-state index contributed by atoms with van der Waals surface area (Å²) < 4.78 is 25.1. The monoisotopic (exact) mass is 620 g/mol. The number of hydrogen-bond donors (Lipinski definition) is 1. The Morgan fingerprint density at radius 3 is 2.71 bits per heavy atom. The molecule has 3 aromatic heterocycles. The Bertz CT molecular complexity index is 2090. The van der Waals surface area contributed by atoms with Crippen molar-refractivity contribution in [1.29, 1.82) is 0 Å². The molecule has 0 atom stereocenters. The molecular weight excluding hydrogens is 592 g/mol. The van der Waals surface area contributed by atoms with Crippen LogP contribution in [0.3, 0.4) is 0 Å². The molecule has 6 aromatic rings. The largest absolute Gasteiger partial charge is 0.497 e. The fourth-order valence-electron chi connectivity index (χ4n) is 5.51. The number of fused-ring (bicyclic) bond motifs is 3. The number of benzene rings is 3. The molecule has 0 radical (unpaired) electrons. The lowest BCUT2D eigenvalue weighted by molar-refractivity contribution is 0.0601. The lowest BCUT2D eigenvalue weighted by atomic mass is 10.00. The van der Waals surface area contributed by atoms with E-state index in [1.165, 1.54) is 18.4 Å². The van der Waals surface area contributed by atoms with Crippen LogP contribution in [0.25, 0.3) is 21.1 Å². The average Bonchev–Trinajstić information content (AvgIpc) is 3.82. The van der Waals surface area contributed by atoms with Crippen LogP contribution < -0.4 is 14.2 Å². The number of aromatic amines is 1. The number of H-pyrrole nitrogens is 1. The van der Waals surface area contributed by atoms with Crippen molar-refractivity contribution in [3.63, 3.8) is 0 Å². The van der Waals surface area contributed by atoms with E-state index in [-0.39, 0.29) is 0 Å². The second kappa shape index (κ2) is 12.3. The summed E-state index contributed by atoms with van der Waals surface area (Å²) in [5, 5.41) is 16.1. The number of ether oxygens (including phenoxy) is 4. The van der Waals surface area contributed by atoms with E-state index in [2.05, 4.69) is 43.1 Å². The van der Waals surface area contributed by atoms with Crippen LogP contribution in [-0.4, -0.2) is 63.6 Å². The van der Waals surface area contributed by atoms with Crippen LogP contribution in [0.4, 0.5) is 0 Å². The van der Waals surface area contributed by atoms with Crippen LogP contribution in [0, 0.1) is 11.8 Å². The maximum absolute atomic E-state index is 12.6. The standard InChI is InChI=1S/C33H28N6O5S/c1-41-22-6-8-25-30(19-22)45-32(34-25)12-10-26-23(7-3-20-4-11-28-29(17-20)44-16-15-43-28)24-18-21(33(40)42-2)5-9-27(24)39(26)14-13-31-35-37-38-36-31/h4-6,8-9,11,17-19H,3,7,13-16H2,1-2H3,(H,35,36,37,38). The van der Waals surface area contributed by atoms with Crippen molar-refractivity contribution in [3.8, 4) is 29.1 Å². The van der Waals surface area contributed by atoms with E-state index in [0.717, 1.165) is 61.6 Å². The molecule has 7 rings (SSSR count). The maximum Gasteiger partial charge on any atom is 0.337 e. The lowest BCUT2D eigenvalue weighted by Crippen LogP contribution is -2.15. The third-order valence-electron chi connectivity index (χ3n) is 7.69. The number of tetrazole rings is 1. The molecule has 1 aliphatic heterocycles. The molecule has 0 bridgehead atoms. The molecule has 0 saturated heterocycles. The molecule has 0 aliphatic carbocycles. The SMILES string of the molecule is COC(=O)c1ccc2c(c1)c(CCc1ccc3c(c1)OCCO3)c(C#Cc1nc3ccc(OC)cc3s1)n2CCc1nn[nH]n1. The first-order chi connectivity index (χ1) is 22.1. The highest BCUT2D eigenvalue weighted by Crippen LogP contribution is 2.33. The fourth-order valence-corrected chi connectivity index (χ4v) is 6.36. The van der Waals surface area contributed by atoms with Gasteiger partial charge in [0.1, 0.15) is 19.0 Å². The van der Waals surface area contributed by atoms with E-state index in [1.807, 2.05) is 42.5 Å². The van der Waals surface area contributed by atoms with Gasteiger partial charge in [-0.3, -0.25) is 0 Å². The number of aryl methyl sites for hydroxylation is 4. The van der Waals surface area contributed by atoms with Crippen molar-refractivity contribution in [2.75, 3.05) is 27.4 Å². The highest BCUT2D eigenvalue weighted by molar-refractivity contribution is 7.19. The normalized spacial score (nSPS) is 12.2. The number of hydrogen-bond acceptors (Lipinski definition) is 10. The number of esters is 1. The van der Waals surface area contributed by atoms with Crippen LogP contribution in [0.1, 0.15) is 38.0 Å². The summed E-state index contributed by atoms with van der Waals surface area (Å²) in [6, 6.07) is 17.5. The Morgan fingerprint density at radius 1 is 1.00 bits per heavy atom. The summed E-state index contributed by atoms with van der Waals surface area (Å²) in [4.78, 5) is 17.3. The highest BCUT2D eigenvalue weighted by atomic mass is 32.1. The summed E-state index contributed by atoms with van der Waals surface area (Å²) in [6.45, 7) is 1.63. The second-order valence-electron chi connectivity index (χ2n) is 10.4. The molecule has 0 unspecified atom stereocenters. The van der Waals surface area contributed by atoms with Crippen molar-refractivity contribution in [2.24, 2.45) is 0 Å². The van der Waals surface area contributed by atoms with Crippen molar-refractivity contribution >= 4 is 38.4 Å². The molecule has 12 heteroatoms. The zero-order chi connectivity index (χ0) is 30.8. The Hall–Kier alpha value is -5.41. The molecule has 0 saturated carbocycles. The van der Waals surface area contributed by atoms with Crippen LogP contribution in [0.2, 0.25) is 0 Å². The van der Waals surface area contributed by atoms with Crippen LogP contribution in [-0.2, 0) is 30.5 Å². The van der Waals surface area contributed by atoms with Gasteiger partial charge in [0, 0.05) is 23.9 Å². The predicted octanol–water partition coefficient (Wildman–Crippen LogP) is 4.76. The number of nitrogens with zero attached hydrogens (tertiary/aromatic N) is 5. The van der Waals surface area contributed by atoms with Gasteiger partial charge in [0.05, 0.1) is 35.7 Å². The Kier molecular flexibility index (Phi) is 7.75. The van der Waals surface area contributed by atoms with Gasteiger partial charge < -0.3 is 23.5 Å². The molecule has 45 heavy (non-hydrogen) atoms. The molecule has 1 N–H and O–H groups in total. The van der Waals surface area contributed by atoms with E-state index >= 15 is 0 Å². The number of carbonyl (C=O) groups is 1. The molecule has 11 nitrogen and oxygen atoms in total. The summed E-state index contributed by atoms with van der Waals surface area (Å²) in [5.74, 6) is 9.27. The number of aromatic nitrogens is 6. The van der Waals surface area contributed by atoms with Gasteiger partial charge in [0.25, 0.3) is 0 Å². The first-order valence-electron chi connectivity index (χ1n) is 14.4. The summed E-state index contributed by atoms with van der Waals surface area (Å²) in [5.41, 5.74) is 5.25. The smallest absolute Gasteiger partial charge is 0.337 e. The zero-order valence-electron chi connectivity index (χ0n) is 24.6. The van der Waals surface area contributed by atoms with E-state index < -0.39 is 5.97 Å². The number of thiazole rings is 1. The van der Waals surface area contributed by atoms with E-state index in [4.69, 9.17) is 23.9 Å².